The van der Waals surface area contributed by atoms with Crippen molar-refractivity contribution in [3.8, 4) is 0 Å². The number of aliphatic hydroxyl groups excluding tert-OH is 1. The summed E-state index contributed by atoms with van der Waals surface area (Å²) in [6.07, 6.45) is -7.33. The van der Waals surface area contributed by atoms with Gasteiger partial charge in [0, 0.05) is 63.9 Å². The summed E-state index contributed by atoms with van der Waals surface area (Å²) in [4.78, 5) is 42.5. The van der Waals surface area contributed by atoms with Gasteiger partial charge in [-0.05, 0) is 68.5 Å². The van der Waals surface area contributed by atoms with Gasteiger partial charge in [-0.2, -0.15) is 0 Å². The molecular formula is C41H71NO14. The molecule has 4 fully saturated rings. The van der Waals surface area contributed by atoms with E-state index in [1.165, 1.54) is 14.0 Å². The summed E-state index contributed by atoms with van der Waals surface area (Å²) in [6, 6.07) is -0.0524. The maximum absolute atomic E-state index is 14.3. The summed E-state index contributed by atoms with van der Waals surface area (Å²) < 4.78 is 57.1. The van der Waals surface area contributed by atoms with E-state index in [2.05, 4.69) is 4.90 Å². The van der Waals surface area contributed by atoms with Crippen molar-refractivity contribution in [3.63, 3.8) is 0 Å². The number of rotatable bonds is 10. The second-order valence-corrected chi connectivity index (χ2v) is 17.6. The fourth-order valence-electron chi connectivity index (χ4n) is 9.57. The van der Waals surface area contributed by atoms with Crippen LogP contribution in [0.4, 0.5) is 0 Å². The van der Waals surface area contributed by atoms with Crippen molar-refractivity contribution in [3.05, 3.63) is 0 Å². The number of hydrogen-bond donors (Lipinski definition) is 2. The third kappa shape index (κ3) is 9.32. The van der Waals surface area contributed by atoms with E-state index in [1.807, 2.05) is 48.7 Å². The van der Waals surface area contributed by atoms with Crippen LogP contribution >= 0.6 is 0 Å². The van der Waals surface area contributed by atoms with E-state index in [0.717, 1.165) is 0 Å². The van der Waals surface area contributed by atoms with Gasteiger partial charge in [-0.15, -0.1) is 0 Å². The standard InChI is InChI=1S/C41H71NO14/c1-16-50-32-28(42(12)13)17-21(3)51-38(32)56-34-23(5)31(54-29-19-40(11,49-15)36(26(8)52-29)53-27(9)43)24(6)37(46)55-35-25(7)41(35,47)33(45)22(4)30(44)20(2)18-39(34,10)48-14/h20-26,28-29,31-36,38,45,47H,16-19H2,1-15H3/t20-,21-,22+,23+,24-,25?,26+,28+,29+,31+,32-,33-,34-,35-,36+,38+,39+,40-,41+/m1/s1. The third-order valence-corrected chi connectivity index (χ3v) is 13.2. The number of Topliss-reactive ketones (excluding diaryl/α,β-unsaturated/α-hetero) is 1. The molecule has 3 heterocycles. The van der Waals surface area contributed by atoms with Crippen LogP contribution in [0.15, 0.2) is 0 Å². The molecule has 2 N–H and O–H groups in total. The van der Waals surface area contributed by atoms with Crippen LogP contribution in [0.2, 0.25) is 0 Å². The smallest absolute Gasteiger partial charge is 0.311 e. The number of methoxy groups -OCH3 is 2. The average Bonchev–Trinajstić information content (AvgIpc) is 3.66. The summed E-state index contributed by atoms with van der Waals surface area (Å²) in [5.74, 6) is -5.36. The minimum Gasteiger partial charge on any atom is -0.458 e. The molecule has 0 radical (unpaired) electrons. The van der Waals surface area contributed by atoms with Crippen molar-refractivity contribution in [2.45, 2.75) is 180 Å². The summed E-state index contributed by atoms with van der Waals surface area (Å²) in [7, 11) is 7.05. The number of hydrogen-bond acceptors (Lipinski definition) is 15. The first-order valence-corrected chi connectivity index (χ1v) is 20.3. The molecule has 324 valence electrons. The van der Waals surface area contributed by atoms with Crippen molar-refractivity contribution in [2.24, 2.45) is 29.6 Å². The topological polar surface area (TPSA) is 178 Å². The largest absolute Gasteiger partial charge is 0.458 e. The fraction of sp³-hybridized carbons (Fsp3) is 0.927. The Balaban J connectivity index is 1.85. The van der Waals surface area contributed by atoms with Crippen LogP contribution in [0, 0.1) is 29.6 Å². The highest BCUT2D eigenvalue weighted by atomic mass is 16.7. The molecule has 19 atom stereocenters. The van der Waals surface area contributed by atoms with Gasteiger partial charge in [0.25, 0.3) is 0 Å². The molecule has 0 aromatic carbocycles. The first kappa shape index (κ1) is 46.9. The van der Waals surface area contributed by atoms with Crippen LogP contribution < -0.4 is 0 Å². The molecule has 56 heavy (non-hydrogen) atoms. The van der Waals surface area contributed by atoms with Crippen molar-refractivity contribution >= 4 is 17.7 Å². The molecule has 4 rings (SSSR count). The Hall–Kier alpha value is -1.79. The quantitative estimate of drug-likeness (QED) is 0.308. The van der Waals surface area contributed by atoms with Crippen LogP contribution in [0.25, 0.3) is 0 Å². The molecule has 4 aliphatic rings. The van der Waals surface area contributed by atoms with E-state index in [0.29, 0.717) is 13.0 Å². The van der Waals surface area contributed by atoms with Crippen molar-refractivity contribution in [2.75, 3.05) is 34.9 Å². The minimum atomic E-state index is -1.81. The molecule has 1 unspecified atom stereocenters. The fourth-order valence-corrected chi connectivity index (χ4v) is 9.57. The lowest BCUT2D eigenvalue weighted by Crippen LogP contribution is -2.61. The maximum Gasteiger partial charge on any atom is 0.311 e. The molecule has 0 spiro atoms. The zero-order valence-electron chi connectivity index (χ0n) is 36.3. The highest BCUT2D eigenvalue weighted by Crippen LogP contribution is 2.51. The molecule has 3 aliphatic heterocycles. The van der Waals surface area contributed by atoms with Crippen LogP contribution in [0.3, 0.4) is 0 Å². The summed E-state index contributed by atoms with van der Waals surface area (Å²) in [5.41, 5.74) is -4.04. The molecule has 15 heteroatoms. The SMILES string of the molecule is CCO[C@H]1[C@H](O[C@@H]2[C@@H](C)[C@H](O[C@H]3C[C@@](C)(OC)[C@@H](OC(C)=O)[C@H](C)O3)[C@@H](C)C(=O)O[C@@H]3C(C)[C@]3(O)[C@H](O)[C@@H](C)C(=O)[C@H](C)C[C@]2(C)OC)O[C@H](C)C[C@@H]1N(C)C. The highest BCUT2D eigenvalue weighted by Gasteiger charge is 2.70. The summed E-state index contributed by atoms with van der Waals surface area (Å²) in [5, 5.41) is 23.1. The van der Waals surface area contributed by atoms with E-state index >= 15 is 0 Å². The van der Waals surface area contributed by atoms with Gasteiger partial charge in [-0.1, -0.05) is 27.7 Å². The van der Waals surface area contributed by atoms with Crippen LogP contribution in [0.5, 0.6) is 0 Å². The Kier molecular flexibility index (Phi) is 15.3. The Morgan fingerprint density at radius 3 is 2.05 bits per heavy atom. The van der Waals surface area contributed by atoms with Gasteiger partial charge >= 0.3 is 11.9 Å². The van der Waals surface area contributed by atoms with Gasteiger partial charge in [-0.25, -0.2) is 0 Å². The zero-order chi connectivity index (χ0) is 42.2. The number of likely N-dealkylation sites (N-methyl/N-ethyl adjacent to an activating group) is 1. The lowest BCUT2D eigenvalue weighted by Gasteiger charge is -2.50. The molecule has 0 bridgehead atoms. The van der Waals surface area contributed by atoms with E-state index < -0.39 is 114 Å². The highest BCUT2D eigenvalue weighted by molar-refractivity contribution is 5.84. The lowest BCUT2D eigenvalue weighted by molar-refractivity contribution is -0.322. The van der Waals surface area contributed by atoms with Gasteiger partial charge in [0.1, 0.15) is 29.2 Å². The number of fused-ring (bicyclic) bond motifs is 1. The molecule has 0 amide bonds. The van der Waals surface area contributed by atoms with Crippen molar-refractivity contribution in [1.29, 1.82) is 0 Å². The second-order valence-electron chi connectivity index (χ2n) is 17.6. The first-order chi connectivity index (χ1) is 26.0. The Morgan fingerprint density at radius 1 is 0.893 bits per heavy atom. The van der Waals surface area contributed by atoms with Crippen molar-refractivity contribution in [1.82, 2.24) is 4.90 Å². The van der Waals surface area contributed by atoms with E-state index in [4.69, 9.17) is 42.6 Å². The summed E-state index contributed by atoms with van der Waals surface area (Å²) in [6.45, 7) is 19.7. The lowest BCUT2D eigenvalue weighted by atomic mass is 9.75. The number of ketones is 1. The Labute approximate surface area is 333 Å². The van der Waals surface area contributed by atoms with Crippen LogP contribution in [-0.2, 0) is 57.0 Å². The number of esters is 2. The average molecular weight is 802 g/mol. The Bertz CT molecular complexity index is 1370. The molecule has 0 aromatic heterocycles. The monoisotopic (exact) mass is 801 g/mol. The van der Waals surface area contributed by atoms with E-state index in [9.17, 15) is 24.6 Å². The molecule has 15 nitrogen and oxygen atoms in total. The van der Waals surface area contributed by atoms with Crippen LogP contribution in [-0.4, -0.2) is 152 Å². The third-order valence-electron chi connectivity index (χ3n) is 13.2. The number of carbonyl (C=O) groups excluding carboxylic acids is 3. The molecule has 1 aliphatic carbocycles. The van der Waals surface area contributed by atoms with E-state index in [1.54, 1.807) is 41.7 Å². The molecule has 0 aromatic rings. The Morgan fingerprint density at radius 2 is 1.50 bits per heavy atom. The molecule has 1 saturated carbocycles. The van der Waals surface area contributed by atoms with Gasteiger partial charge in [0.15, 0.2) is 18.7 Å². The van der Waals surface area contributed by atoms with Gasteiger partial charge < -0.3 is 57.7 Å². The van der Waals surface area contributed by atoms with Gasteiger partial charge in [-0.3, -0.25) is 14.4 Å². The number of ether oxygens (including phenoxy) is 9. The number of nitrogens with zero attached hydrogens (tertiary/aromatic N) is 1. The van der Waals surface area contributed by atoms with Crippen molar-refractivity contribution < 1.29 is 67.2 Å². The van der Waals surface area contributed by atoms with Gasteiger partial charge in [0.2, 0.25) is 0 Å². The predicted molar refractivity (Wildman–Crippen MR) is 203 cm³/mol. The second kappa shape index (κ2) is 18.2. The normalized spacial score (nSPS) is 48.1. The summed E-state index contributed by atoms with van der Waals surface area (Å²) >= 11 is 0. The number of carbonyl (C=O) groups is 3. The van der Waals surface area contributed by atoms with Gasteiger partial charge in [0.05, 0.1) is 42.0 Å². The van der Waals surface area contributed by atoms with Crippen LogP contribution in [0.1, 0.15) is 95.4 Å². The molecular weight excluding hydrogens is 730 g/mol. The number of aliphatic hydroxyl groups is 2. The first-order valence-electron chi connectivity index (χ1n) is 20.3. The maximum atomic E-state index is 14.3. The zero-order valence-corrected chi connectivity index (χ0v) is 36.3. The predicted octanol–water partition coefficient (Wildman–Crippen LogP) is 3.27. The van der Waals surface area contributed by atoms with E-state index in [-0.39, 0.29) is 30.8 Å². The molecule has 3 saturated heterocycles. The minimum absolute atomic E-state index is 0.0524.